The number of nitrogens with zero attached hydrogens (tertiary/aromatic N) is 7. The van der Waals surface area contributed by atoms with Gasteiger partial charge in [-0.05, 0) is 73.6 Å². The fraction of sp³-hybridized carbons (Fsp3) is 0.540. The van der Waals surface area contributed by atoms with Crippen LogP contribution in [-0.2, 0) is 44.7 Å². The molecule has 7 rings (SSSR count). The van der Waals surface area contributed by atoms with E-state index in [9.17, 15) is 28.8 Å². The number of hydrogen-bond donors (Lipinski definition) is 3. The molecule has 376 valence electrons. The predicted molar refractivity (Wildman–Crippen MR) is 258 cm³/mol. The van der Waals surface area contributed by atoms with Gasteiger partial charge in [0.05, 0.1) is 59.3 Å². The quantitative estimate of drug-likeness (QED) is 0.0598. The van der Waals surface area contributed by atoms with Gasteiger partial charge in [0, 0.05) is 101 Å². The van der Waals surface area contributed by atoms with Crippen molar-refractivity contribution in [2.75, 3.05) is 115 Å². The molecule has 0 aliphatic carbocycles. The first-order valence-electron chi connectivity index (χ1n) is 24.6. The number of hydrogen-bond acceptors (Lipinski definition) is 15. The van der Waals surface area contributed by atoms with Gasteiger partial charge in [0.2, 0.25) is 23.6 Å². The number of carbonyl (C=O) groups is 6. The number of fused-ring (bicyclic) bond motifs is 1. The van der Waals surface area contributed by atoms with Gasteiger partial charge in [-0.3, -0.25) is 39.1 Å². The minimum atomic E-state index is -0.654. The summed E-state index contributed by atoms with van der Waals surface area (Å²) in [5, 5.41) is 17.2. The number of carbonyl (C=O) groups excluding carboxylic acids is 6. The van der Waals surface area contributed by atoms with Crippen LogP contribution >= 0.6 is 0 Å². The van der Waals surface area contributed by atoms with E-state index in [4.69, 9.17) is 18.9 Å². The Morgan fingerprint density at radius 2 is 1.50 bits per heavy atom. The van der Waals surface area contributed by atoms with Gasteiger partial charge in [0.25, 0.3) is 11.8 Å². The van der Waals surface area contributed by atoms with Crippen molar-refractivity contribution >= 4 is 53.0 Å². The number of amides is 6. The van der Waals surface area contributed by atoms with E-state index in [0.717, 1.165) is 48.9 Å². The number of anilines is 2. The summed E-state index contributed by atoms with van der Waals surface area (Å²) in [4.78, 5) is 86.5. The van der Waals surface area contributed by atoms with Gasteiger partial charge in [-0.2, -0.15) is 0 Å². The number of piperazine rings is 1. The molecule has 1 aromatic carbocycles. The average molecular weight is 967 g/mol. The molecule has 3 N–H and O–H groups in total. The lowest BCUT2D eigenvalue weighted by Crippen LogP contribution is -2.52. The van der Waals surface area contributed by atoms with Crippen molar-refractivity contribution in [3.8, 4) is 0 Å². The molecule has 0 saturated carbocycles. The van der Waals surface area contributed by atoms with Crippen LogP contribution in [0.15, 0.2) is 60.9 Å². The molecule has 3 aromatic rings. The summed E-state index contributed by atoms with van der Waals surface area (Å²) in [6.07, 6.45) is 12.4. The number of likely N-dealkylation sites (tertiary alicyclic amines) is 1. The zero-order valence-corrected chi connectivity index (χ0v) is 39.9. The molecule has 0 spiro atoms. The Balaban J connectivity index is 0.650. The van der Waals surface area contributed by atoms with Crippen LogP contribution in [0.4, 0.5) is 11.5 Å². The molecule has 1 unspecified atom stereocenters. The fourth-order valence-corrected chi connectivity index (χ4v) is 8.94. The lowest BCUT2D eigenvalue weighted by molar-refractivity contribution is -0.137. The van der Waals surface area contributed by atoms with Gasteiger partial charge in [0.15, 0.2) is 11.5 Å². The van der Waals surface area contributed by atoms with Crippen molar-refractivity contribution in [1.29, 1.82) is 0 Å². The molecule has 1 atom stereocenters. The molecular weight excluding hydrogens is 901 g/mol. The molecular formula is C50H66N10O10. The van der Waals surface area contributed by atoms with E-state index in [1.54, 1.807) is 36.7 Å². The maximum absolute atomic E-state index is 13.2. The normalized spacial score (nSPS) is 17.5. The first-order valence-corrected chi connectivity index (χ1v) is 24.6. The van der Waals surface area contributed by atoms with Gasteiger partial charge < -0.3 is 49.2 Å². The number of ether oxygens (including phenoxy) is 4. The lowest BCUT2D eigenvalue weighted by Gasteiger charge is -2.35. The van der Waals surface area contributed by atoms with Gasteiger partial charge in [-0.15, -0.1) is 10.2 Å². The van der Waals surface area contributed by atoms with Crippen LogP contribution in [0.5, 0.6) is 0 Å². The SMILES string of the molecule is O=C(/C=C/c1cccnc1)NCCCCC1CCN(C(=O)c2ccc(N3CCN(C(=O)CCOCCOCCOCCOCCNc4cccc5c4CN(C4CCC(=O)NC4=O)C5=O)CC3)nn2)CC1. The third kappa shape index (κ3) is 15.3. The number of unbranched alkanes of at least 4 members (excludes halogenated alkanes) is 1. The van der Waals surface area contributed by atoms with E-state index in [2.05, 4.69) is 36.0 Å². The van der Waals surface area contributed by atoms with Crippen LogP contribution in [0.25, 0.3) is 6.08 Å². The first kappa shape index (κ1) is 51.5. The van der Waals surface area contributed by atoms with Crippen LogP contribution in [0.1, 0.15) is 83.3 Å². The van der Waals surface area contributed by atoms with E-state index in [1.807, 2.05) is 34.1 Å². The van der Waals surface area contributed by atoms with Gasteiger partial charge in [-0.25, -0.2) is 0 Å². The number of rotatable bonds is 26. The lowest BCUT2D eigenvalue weighted by atomic mass is 9.91. The highest BCUT2D eigenvalue weighted by atomic mass is 16.6. The summed E-state index contributed by atoms with van der Waals surface area (Å²) < 4.78 is 22.5. The van der Waals surface area contributed by atoms with E-state index in [-0.39, 0.29) is 42.4 Å². The Morgan fingerprint density at radius 1 is 0.757 bits per heavy atom. The Morgan fingerprint density at radius 3 is 2.20 bits per heavy atom. The van der Waals surface area contributed by atoms with Crippen molar-refractivity contribution < 1.29 is 47.7 Å². The second kappa shape index (κ2) is 27.2. The smallest absolute Gasteiger partial charge is 0.274 e. The standard InChI is InChI=1S/C50H66N10O10/c61-45(13-9-38-6-4-18-51-35-38)53-19-2-1-5-37-15-21-59(22-16-37)50(66)42-10-12-44(56-55-42)57-23-25-58(26-24-57)47(63)17-27-67-29-31-69-33-34-70-32-30-68-28-20-52-41-8-3-7-39-40(41)36-60(49(39)65)43-11-14-46(62)54-48(43)64/h3-4,6-10,12-13,18,35,37,43,52H,1-2,5,11,14-17,19-34,36H2,(H,53,61)(H,54,62,64)/b13-9+. The van der Waals surface area contributed by atoms with Crippen molar-refractivity contribution in [2.45, 2.75) is 64.0 Å². The number of aromatic nitrogens is 3. The summed E-state index contributed by atoms with van der Waals surface area (Å²) in [6, 6.07) is 12.1. The number of imide groups is 1. The molecule has 0 radical (unpaired) electrons. The molecule has 0 bridgehead atoms. The van der Waals surface area contributed by atoms with Gasteiger partial charge in [0.1, 0.15) is 6.04 Å². The Hall–Kier alpha value is -6.35. The molecule has 70 heavy (non-hydrogen) atoms. The van der Waals surface area contributed by atoms with Crippen molar-refractivity contribution in [1.82, 2.24) is 40.5 Å². The number of piperidine rings is 2. The molecule has 3 saturated heterocycles. The molecule has 6 heterocycles. The minimum absolute atomic E-state index is 0.0378. The summed E-state index contributed by atoms with van der Waals surface area (Å²) in [5.74, 6) is 0.123. The molecule has 4 aliphatic heterocycles. The zero-order valence-electron chi connectivity index (χ0n) is 39.9. The highest BCUT2D eigenvalue weighted by Gasteiger charge is 2.40. The van der Waals surface area contributed by atoms with Crippen molar-refractivity contribution in [3.63, 3.8) is 0 Å². The molecule has 3 fully saturated rings. The minimum Gasteiger partial charge on any atom is -0.382 e. The third-order valence-electron chi connectivity index (χ3n) is 12.9. The van der Waals surface area contributed by atoms with Crippen molar-refractivity contribution in [3.05, 3.63) is 83.3 Å². The third-order valence-corrected chi connectivity index (χ3v) is 12.9. The number of benzene rings is 1. The Labute approximate surface area is 408 Å². The predicted octanol–water partition coefficient (Wildman–Crippen LogP) is 2.70. The highest BCUT2D eigenvalue weighted by molar-refractivity contribution is 6.06. The van der Waals surface area contributed by atoms with Crippen LogP contribution in [0.2, 0.25) is 0 Å². The summed E-state index contributed by atoms with van der Waals surface area (Å²) in [6.45, 7) is 8.35. The Kier molecular flexibility index (Phi) is 20.0. The van der Waals surface area contributed by atoms with Crippen LogP contribution in [0.3, 0.4) is 0 Å². The molecule has 20 nitrogen and oxygen atoms in total. The van der Waals surface area contributed by atoms with Crippen LogP contribution in [-0.4, -0.2) is 177 Å². The van der Waals surface area contributed by atoms with E-state index in [1.165, 1.54) is 11.0 Å². The van der Waals surface area contributed by atoms with E-state index in [0.29, 0.717) is 141 Å². The zero-order chi connectivity index (χ0) is 48.9. The maximum atomic E-state index is 13.2. The van der Waals surface area contributed by atoms with Crippen LogP contribution in [0, 0.1) is 5.92 Å². The van der Waals surface area contributed by atoms with Gasteiger partial charge >= 0.3 is 0 Å². The molecule has 4 aliphatic rings. The molecule has 2 aromatic heterocycles. The molecule has 20 heteroatoms. The monoisotopic (exact) mass is 966 g/mol. The fourth-order valence-electron chi connectivity index (χ4n) is 8.94. The number of nitrogens with one attached hydrogen (secondary N) is 3. The van der Waals surface area contributed by atoms with Gasteiger partial charge in [-0.1, -0.05) is 25.0 Å². The largest absolute Gasteiger partial charge is 0.382 e. The summed E-state index contributed by atoms with van der Waals surface area (Å²) in [5.41, 5.74) is 3.43. The first-order chi connectivity index (χ1) is 34.2. The summed E-state index contributed by atoms with van der Waals surface area (Å²) >= 11 is 0. The summed E-state index contributed by atoms with van der Waals surface area (Å²) in [7, 11) is 0. The topological polar surface area (TPSA) is 227 Å². The van der Waals surface area contributed by atoms with E-state index < -0.39 is 11.9 Å². The van der Waals surface area contributed by atoms with Crippen LogP contribution < -0.4 is 20.9 Å². The molecule has 6 amide bonds. The van der Waals surface area contributed by atoms with Crippen molar-refractivity contribution in [2.24, 2.45) is 5.92 Å². The number of pyridine rings is 1. The maximum Gasteiger partial charge on any atom is 0.274 e. The highest BCUT2D eigenvalue weighted by Crippen LogP contribution is 2.32. The second-order valence-corrected chi connectivity index (χ2v) is 17.6. The average Bonchev–Trinajstić information content (AvgIpc) is 3.72. The Bertz CT molecular complexity index is 2230. The van der Waals surface area contributed by atoms with E-state index >= 15 is 0 Å². The second-order valence-electron chi connectivity index (χ2n) is 17.6.